The minimum atomic E-state index is -0.580. The average Bonchev–Trinajstić information content (AvgIpc) is 3.76. The summed E-state index contributed by atoms with van der Waals surface area (Å²) in [6, 6.07) is 39.6. The fourth-order valence-electron chi connectivity index (χ4n) is 8.92. The molecule has 2 aliphatic rings. The molecule has 53 heavy (non-hydrogen) atoms. The van der Waals surface area contributed by atoms with Crippen LogP contribution >= 0.6 is 0 Å². The fraction of sp³-hybridized carbons (Fsp3) is 0.0769. The van der Waals surface area contributed by atoms with Crippen molar-refractivity contribution in [3.63, 3.8) is 0 Å². The second-order valence-corrected chi connectivity index (χ2v) is 13.9. The van der Waals surface area contributed by atoms with E-state index < -0.39 is 5.41 Å². The van der Waals surface area contributed by atoms with E-state index in [9.17, 15) is 0 Å². The van der Waals surface area contributed by atoms with Gasteiger partial charge < -0.3 is 4.42 Å². The molecule has 0 N–H and O–H groups in total. The lowest BCUT2D eigenvalue weighted by Crippen LogP contribution is -2.27. The predicted molar refractivity (Wildman–Crippen MR) is 228 cm³/mol. The third-order valence-electron chi connectivity index (χ3n) is 11.1. The molecule has 1 heterocycles. The Bertz CT molecular complexity index is 2750. The van der Waals surface area contributed by atoms with Gasteiger partial charge in [-0.1, -0.05) is 183 Å². The zero-order chi connectivity index (χ0) is 35.9. The highest BCUT2D eigenvalue weighted by Gasteiger charge is 2.45. The topological polar surface area (TPSA) is 13.1 Å². The Kier molecular flexibility index (Phi) is 8.13. The first-order chi connectivity index (χ1) is 26.2. The van der Waals surface area contributed by atoms with Crippen molar-refractivity contribution in [1.82, 2.24) is 0 Å². The minimum absolute atomic E-state index is 0.580. The van der Waals surface area contributed by atoms with Crippen molar-refractivity contribution in [2.45, 2.75) is 25.2 Å². The molecule has 9 rings (SSSR count). The Morgan fingerprint density at radius 2 is 1.40 bits per heavy atom. The summed E-state index contributed by atoms with van der Waals surface area (Å²) < 4.78 is 7.07. The van der Waals surface area contributed by atoms with Crippen molar-refractivity contribution in [2.24, 2.45) is 0 Å². The molecular weight excluding hydrogens is 641 g/mol. The van der Waals surface area contributed by atoms with Crippen LogP contribution in [0, 0.1) is 0 Å². The van der Waals surface area contributed by atoms with E-state index in [0.29, 0.717) is 0 Å². The van der Waals surface area contributed by atoms with E-state index in [2.05, 4.69) is 184 Å². The molecule has 6 aromatic carbocycles. The Morgan fingerprint density at radius 3 is 2.04 bits per heavy atom. The van der Waals surface area contributed by atoms with Crippen molar-refractivity contribution < 1.29 is 4.42 Å². The molecule has 1 aromatic heterocycles. The van der Waals surface area contributed by atoms with Crippen LogP contribution < -0.4 is 0 Å². The molecular formula is C52H40O. The number of benzene rings is 6. The Labute approximate surface area is 311 Å². The van der Waals surface area contributed by atoms with Crippen LogP contribution in [-0.4, -0.2) is 0 Å². The number of allylic oxidation sites excluding steroid dienone is 14. The molecule has 0 saturated heterocycles. The normalized spacial score (nSPS) is 17.3. The molecule has 1 heteroatoms. The molecule has 0 aliphatic heterocycles. The van der Waals surface area contributed by atoms with Crippen molar-refractivity contribution >= 4 is 49.1 Å². The van der Waals surface area contributed by atoms with Crippen LogP contribution in [0.25, 0.3) is 71.3 Å². The highest BCUT2D eigenvalue weighted by atomic mass is 16.3. The number of para-hydroxylation sites is 1. The fourth-order valence-corrected chi connectivity index (χ4v) is 8.92. The van der Waals surface area contributed by atoms with Gasteiger partial charge in [0.15, 0.2) is 0 Å². The van der Waals surface area contributed by atoms with Crippen molar-refractivity contribution in [2.75, 3.05) is 0 Å². The summed E-state index contributed by atoms with van der Waals surface area (Å²) in [5, 5.41) is 7.13. The lowest BCUT2D eigenvalue weighted by atomic mass is 9.67. The highest BCUT2D eigenvalue weighted by Crippen LogP contribution is 2.57. The van der Waals surface area contributed by atoms with Gasteiger partial charge in [-0.2, -0.15) is 0 Å². The van der Waals surface area contributed by atoms with E-state index in [1.54, 1.807) is 0 Å². The zero-order valence-electron chi connectivity index (χ0n) is 30.0. The number of hydrogen-bond donors (Lipinski definition) is 0. The van der Waals surface area contributed by atoms with Gasteiger partial charge in [0.2, 0.25) is 0 Å². The summed E-state index contributed by atoms with van der Waals surface area (Å²) in [7, 11) is 0. The first-order valence-electron chi connectivity index (χ1n) is 18.5. The predicted octanol–water partition coefficient (Wildman–Crippen LogP) is 14.6. The maximum atomic E-state index is 7.07. The van der Waals surface area contributed by atoms with Crippen molar-refractivity contribution in [3.05, 3.63) is 211 Å². The monoisotopic (exact) mass is 680 g/mol. The molecule has 1 unspecified atom stereocenters. The molecule has 0 bridgehead atoms. The average molecular weight is 681 g/mol. The van der Waals surface area contributed by atoms with Gasteiger partial charge in [0.05, 0.1) is 5.41 Å². The van der Waals surface area contributed by atoms with Crippen LogP contribution in [-0.2, 0) is 5.41 Å². The van der Waals surface area contributed by atoms with E-state index in [0.717, 1.165) is 51.5 Å². The van der Waals surface area contributed by atoms with E-state index in [4.69, 9.17) is 4.42 Å². The van der Waals surface area contributed by atoms with Gasteiger partial charge in [-0.15, -0.1) is 0 Å². The standard InChI is InChI=1S/C52H40O/c1-4-7-10-24-36-34-52(37(6-3)21-5-2,38-25-13-9-14-26-38)45-33-44(50-43-31-19-20-32-46(43)53-51(50)48(36)45)49-41-29-17-15-27-39(41)47(35-22-11-8-12-23-35)40-28-16-18-30-42(40)49/h4-13,15-25,27-34H,2-3,14,26H2,1H3/b7-4-,24-10-,37-21+. The molecule has 0 radical (unpaired) electrons. The van der Waals surface area contributed by atoms with Crippen LogP contribution in [0.3, 0.4) is 0 Å². The lowest BCUT2D eigenvalue weighted by Gasteiger charge is -2.35. The second kappa shape index (κ2) is 13.3. The molecule has 0 amide bonds. The van der Waals surface area contributed by atoms with Crippen molar-refractivity contribution in [1.29, 1.82) is 0 Å². The molecule has 7 aromatic rings. The van der Waals surface area contributed by atoms with E-state index in [1.165, 1.54) is 54.9 Å². The minimum Gasteiger partial charge on any atom is -0.455 e. The first kappa shape index (κ1) is 32.5. The highest BCUT2D eigenvalue weighted by molar-refractivity contribution is 6.27. The summed E-state index contributed by atoms with van der Waals surface area (Å²) in [5.41, 5.74) is 12.0. The molecule has 1 atom stereocenters. The molecule has 0 spiro atoms. The van der Waals surface area contributed by atoms with Gasteiger partial charge in [-0.25, -0.2) is 0 Å². The smallest absolute Gasteiger partial charge is 0.144 e. The zero-order valence-corrected chi connectivity index (χ0v) is 30.0. The summed E-state index contributed by atoms with van der Waals surface area (Å²) in [6.07, 6.45) is 25.7. The van der Waals surface area contributed by atoms with Crippen LogP contribution in [0.4, 0.5) is 0 Å². The summed E-state index contributed by atoms with van der Waals surface area (Å²) >= 11 is 0. The van der Waals surface area contributed by atoms with Gasteiger partial charge in [0.25, 0.3) is 0 Å². The van der Waals surface area contributed by atoms with E-state index in [-0.39, 0.29) is 0 Å². The first-order valence-corrected chi connectivity index (χ1v) is 18.5. The SMILES string of the molecule is C=C/C=C(\C=C)C1(C2=CC=CCC2)C=C(/C=C\C=C/C)c2c1cc(-c1c3ccccc3c(-c3ccccc3)c3ccccc13)c1c2oc2ccccc21. The Morgan fingerprint density at radius 1 is 0.736 bits per heavy atom. The number of furan rings is 1. The van der Waals surface area contributed by atoms with E-state index >= 15 is 0 Å². The molecule has 1 nitrogen and oxygen atoms in total. The van der Waals surface area contributed by atoms with Crippen LogP contribution in [0.2, 0.25) is 0 Å². The third-order valence-corrected chi connectivity index (χ3v) is 11.1. The quantitative estimate of drug-likeness (QED) is 0.115. The van der Waals surface area contributed by atoms with Crippen LogP contribution in [0.15, 0.2) is 205 Å². The Hall–Kier alpha value is -6.44. The van der Waals surface area contributed by atoms with E-state index in [1.807, 2.05) is 12.2 Å². The van der Waals surface area contributed by atoms with Gasteiger partial charge >= 0.3 is 0 Å². The molecule has 0 saturated carbocycles. The Balaban J connectivity index is 1.51. The number of fused-ring (bicyclic) bond motifs is 7. The third kappa shape index (κ3) is 4.99. The molecule has 2 aliphatic carbocycles. The summed E-state index contributed by atoms with van der Waals surface area (Å²) in [5.74, 6) is 0. The number of hydrogen-bond acceptors (Lipinski definition) is 1. The molecule has 254 valence electrons. The van der Waals surface area contributed by atoms with Crippen LogP contribution in [0.1, 0.15) is 30.9 Å². The van der Waals surface area contributed by atoms with Crippen molar-refractivity contribution in [3.8, 4) is 22.3 Å². The van der Waals surface area contributed by atoms with Gasteiger partial charge in [0, 0.05) is 16.3 Å². The lowest BCUT2D eigenvalue weighted by molar-refractivity contribution is 0.664. The molecule has 0 fully saturated rings. The maximum Gasteiger partial charge on any atom is 0.144 e. The largest absolute Gasteiger partial charge is 0.455 e. The van der Waals surface area contributed by atoms with Crippen LogP contribution in [0.5, 0.6) is 0 Å². The van der Waals surface area contributed by atoms with Gasteiger partial charge in [-0.05, 0) is 92.4 Å². The van der Waals surface area contributed by atoms with Gasteiger partial charge in [-0.3, -0.25) is 0 Å². The second-order valence-electron chi connectivity index (χ2n) is 13.9. The summed E-state index contributed by atoms with van der Waals surface area (Å²) in [6.45, 7) is 10.6. The summed E-state index contributed by atoms with van der Waals surface area (Å²) in [4.78, 5) is 0. The number of rotatable bonds is 8. The maximum absolute atomic E-state index is 7.07. The van der Waals surface area contributed by atoms with Gasteiger partial charge in [0.1, 0.15) is 11.2 Å².